The lowest BCUT2D eigenvalue weighted by Crippen LogP contribution is -2.23. The second kappa shape index (κ2) is 10.3. The zero-order valence-corrected chi connectivity index (χ0v) is 16.1. The molecule has 1 N–H and O–H groups in total. The molecule has 0 radical (unpaired) electrons. The summed E-state index contributed by atoms with van der Waals surface area (Å²) in [5, 5.41) is 2.46. The largest absolute Gasteiger partial charge is 0.493 e. The van der Waals surface area contributed by atoms with E-state index in [9.17, 15) is 14.0 Å². The Balaban J connectivity index is 1.83. The summed E-state index contributed by atoms with van der Waals surface area (Å²) < 4.78 is 28.5. The Morgan fingerprint density at radius 1 is 1.14 bits per heavy atom. The number of hydrogen-bond donors (Lipinski definition) is 1. The maximum atomic E-state index is 13.0. The van der Waals surface area contributed by atoms with Crippen LogP contribution in [0.15, 0.2) is 42.5 Å². The molecule has 2 aromatic rings. The molecule has 148 valence electrons. The summed E-state index contributed by atoms with van der Waals surface area (Å²) in [5.74, 6) is -1.04. The Bertz CT molecular complexity index is 885. The first-order valence-electron chi connectivity index (χ1n) is 8.27. The Morgan fingerprint density at radius 2 is 1.93 bits per heavy atom. The van der Waals surface area contributed by atoms with Gasteiger partial charge in [-0.15, -0.1) is 0 Å². The first kappa shape index (κ1) is 21.2. The third-order valence-electron chi connectivity index (χ3n) is 3.46. The van der Waals surface area contributed by atoms with E-state index < -0.39 is 30.9 Å². The minimum Gasteiger partial charge on any atom is -0.493 e. The summed E-state index contributed by atoms with van der Waals surface area (Å²) in [7, 11) is 1.49. The van der Waals surface area contributed by atoms with Crippen molar-refractivity contribution in [2.24, 2.45) is 0 Å². The van der Waals surface area contributed by atoms with Crippen LogP contribution in [0, 0.1) is 5.82 Å². The molecule has 0 aliphatic rings. The van der Waals surface area contributed by atoms with Gasteiger partial charge in [-0.25, -0.2) is 9.18 Å². The van der Waals surface area contributed by atoms with Crippen LogP contribution in [-0.4, -0.2) is 32.2 Å². The molecule has 0 saturated heterocycles. The van der Waals surface area contributed by atoms with Gasteiger partial charge in [0, 0.05) is 0 Å². The molecule has 2 aromatic carbocycles. The molecule has 0 aromatic heterocycles. The standard InChI is InChI=1S/C20H19ClFNO5/c1-3-4-13-5-8-17(18(9-13)26-2)27-12-20(25)28-11-19(24)23-16-7-6-14(22)10-15(16)21/h3-10H,11-12H2,1-2H3,(H,23,24)/b4-3+. The molecule has 0 unspecified atom stereocenters. The lowest BCUT2D eigenvalue weighted by molar-refractivity contribution is -0.149. The van der Waals surface area contributed by atoms with Crippen molar-refractivity contribution in [3.05, 3.63) is 58.9 Å². The zero-order valence-electron chi connectivity index (χ0n) is 15.3. The molecule has 8 heteroatoms. The number of hydrogen-bond acceptors (Lipinski definition) is 5. The van der Waals surface area contributed by atoms with Gasteiger partial charge in [-0.1, -0.05) is 29.8 Å². The van der Waals surface area contributed by atoms with Gasteiger partial charge >= 0.3 is 5.97 Å². The van der Waals surface area contributed by atoms with Crippen LogP contribution in [0.2, 0.25) is 5.02 Å². The van der Waals surface area contributed by atoms with Crippen LogP contribution in [0.5, 0.6) is 11.5 Å². The molecule has 0 bridgehead atoms. The van der Waals surface area contributed by atoms with E-state index in [4.69, 9.17) is 25.8 Å². The van der Waals surface area contributed by atoms with Gasteiger partial charge in [-0.05, 0) is 42.8 Å². The number of carbonyl (C=O) groups excluding carboxylic acids is 2. The summed E-state index contributed by atoms with van der Waals surface area (Å²) in [5.41, 5.74) is 1.14. The Labute approximate surface area is 166 Å². The fourth-order valence-electron chi connectivity index (χ4n) is 2.20. The average molecular weight is 408 g/mol. The van der Waals surface area contributed by atoms with E-state index in [-0.39, 0.29) is 10.7 Å². The molecule has 2 rings (SSSR count). The van der Waals surface area contributed by atoms with Gasteiger partial charge < -0.3 is 19.5 Å². The van der Waals surface area contributed by atoms with Crippen molar-refractivity contribution in [1.29, 1.82) is 0 Å². The molecular weight excluding hydrogens is 389 g/mol. The third kappa shape index (κ3) is 6.28. The Kier molecular flexibility index (Phi) is 7.83. The van der Waals surface area contributed by atoms with Crippen LogP contribution >= 0.6 is 11.6 Å². The molecule has 0 atom stereocenters. The molecule has 0 aliphatic carbocycles. The highest BCUT2D eigenvalue weighted by Gasteiger charge is 2.12. The number of benzene rings is 2. The fourth-order valence-corrected chi connectivity index (χ4v) is 2.42. The molecule has 28 heavy (non-hydrogen) atoms. The lowest BCUT2D eigenvalue weighted by Gasteiger charge is -2.11. The Morgan fingerprint density at radius 3 is 2.61 bits per heavy atom. The number of amides is 1. The summed E-state index contributed by atoms with van der Waals surface area (Å²) in [4.78, 5) is 23.6. The number of halogens is 2. The van der Waals surface area contributed by atoms with Crippen molar-refractivity contribution in [1.82, 2.24) is 0 Å². The predicted octanol–water partition coefficient (Wildman–Crippen LogP) is 4.08. The van der Waals surface area contributed by atoms with Crippen molar-refractivity contribution in [3.63, 3.8) is 0 Å². The zero-order chi connectivity index (χ0) is 20.5. The van der Waals surface area contributed by atoms with Crippen LogP contribution in [0.1, 0.15) is 12.5 Å². The SMILES string of the molecule is C/C=C/c1ccc(OCC(=O)OCC(=O)Nc2ccc(F)cc2Cl)c(OC)c1. The van der Waals surface area contributed by atoms with Crippen molar-refractivity contribution in [2.45, 2.75) is 6.92 Å². The maximum absolute atomic E-state index is 13.0. The second-order valence-corrected chi connectivity index (χ2v) is 5.94. The topological polar surface area (TPSA) is 73.9 Å². The van der Waals surface area contributed by atoms with Crippen molar-refractivity contribution in [2.75, 3.05) is 25.6 Å². The van der Waals surface area contributed by atoms with Crippen molar-refractivity contribution < 1.29 is 28.2 Å². The lowest BCUT2D eigenvalue weighted by atomic mass is 10.2. The number of methoxy groups -OCH3 is 1. The fraction of sp³-hybridized carbons (Fsp3) is 0.200. The van der Waals surface area contributed by atoms with Crippen LogP contribution < -0.4 is 14.8 Å². The van der Waals surface area contributed by atoms with Gasteiger partial charge in [0.15, 0.2) is 24.7 Å². The van der Waals surface area contributed by atoms with Gasteiger partial charge in [0.05, 0.1) is 17.8 Å². The summed E-state index contributed by atoms with van der Waals surface area (Å²) in [6, 6.07) is 8.76. The summed E-state index contributed by atoms with van der Waals surface area (Å²) >= 11 is 5.81. The number of esters is 1. The summed E-state index contributed by atoms with van der Waals surface area (Å²) in [6.45, 7) is 0.963. The van der Waals surface area contributed by atoms with Crippen LogP contribution in [0.25, 0.3) is 6.08 Å². The predicted molar refractivity (Wildman–Crippen MR) is 104 cm³/mol. The molecule has 0 heterocycles. The first-order chi connectivity index (χ1) is 13.4. The van der Waals surface area contributed by atoms with Gasteiger partial charge in [-0.3, -0.25) is 4.79 Å². The van der Waals surface area contributed by atoms with Gasteiger partial charge in [-0.2, -0.15) is 0 Å². The number of allylic oxidation sites excluding steroid dienone is 1. The molecule has 0 spiro atoms. The number of rotatable bonds is 8. The molecule has 1 amide bonds. The van der Waals surface area contributed by atoms with E-state index in [1.165, 1.54) is 13.2 Å². The van der Waals surface area contributed by atoms with Crippen molar-refractivity contribution in [3.8, 4) is 11.5 Å². The van der Waals surface area contributed by atoms with E-state index >= 15 is 0 Å². The highest BCUT2D eigenvalue weighted by Crippen LogP contribution is 2.28. The minimum absolute atomic E-state index is 0.0384. The first-order valence-corrected chi connectivity index (χ1v) is 8.64. The summed E-state index contributed by atoms with van der Waals surface area (Å²) in [6.07, 6.45) is 3.78. The monoisotopic (exact) mass is 407 g/mol. The van der Waals surface area contributed by atoms with Crippen LogP contribution in [-0.2, 0) is 14.3 Å². The van der Waals surface area contributed by atoms with E-state index in [0.717, 1.165) is 17.7 Å². The average Bonchev–Trinajstić information content (AvgIpc) is 2.67. The minimum atomic E-state index is -0.736. The van der Waals surface area contributed by atoms with Crippen molar-refractivity contribution >= 4 is 35.2 Å². The van der Waals surface area contributed by atoms with E-state index in [0.29, 0.717) is 11.5 Å². The van der Waals surface area contributed by atoms with Crippen LogP contribution in [0.3, 0.4) is 0 Å². The Hall–Kier alpha value is -3.06. The number of carbonyl (C=O) groups is 2. The van der Waals surface area contributed by atoms with E-state index in [1.54, 1.807) is 12.1 Å². The molecule has 6 nitrogen and oxygen atoms in total. The molecular formula is C20H19ClFNO5. The number of ether oxygens (including phenoxy) is 3. The quantitative estimate of drug-likeness (QED) is 0.667. The van der Waals surface area contributed by atoms with Gasteiger partial charge in [0.1, 0.15) is 5.82 Å². The molecule has 0 aliphatic heterocycles. The molecule has 0 saturated carbocycles. The van der Waals surface area contributed by atoms with E-state index in [1.807, 2.05) is 25.1 Å². The highest BCUT2D eigenvalue weighted by molar-refractivity contribution is 6.33. The van der Waals surface area contributed by atoms with Gasteiger partial charge in [0.2, 0.25) is 0 Å². The molecule has 0 fully saturated rings. The van der Waals surface area contributed by atoms with Crippen LogP contribution in [0.4, 0.5) is 10.1 Å². The maximum Gasteiger partial charge on any atom is 0.344 e. The van der Waals surface area contributed by atoms with Gasteiger partial charge in [0.25, 0.3) is 5.91 Å². The number of nitrogens with one attached hydrogen (secondary N) is 1. The smallest absolute Gasteiger partial charge is 0.344 e. The number of anilines is 1. The van der Waals surface area contributed by atoms with E-state index in [2.05, 4.69) is 5.32 Å². The third-order valence-corrected chi connectivity index (χ3v) is 3.77. The second-order valence-electron chi connectivity index (χ2n) is 5.53. The normalized spacial score (nSPS) is 10.6. The highest BCUT2D eigenvalue weighted by atomic mass is 35.5.